The Morgan fingerprint density at radius 3 is 2.64 bits per heavy atom. The second-order valence-corrected chi connectivity index (χ2v) is 3.27. The van der Waals surface area contributed by atoms with Gasteiger partial charge in [-0.3, -0.25) is 4.98 Å². The summed E-state index contributed by atoms with van der Waals surface area (Å²) in [5.41, 5.74) is 0. The Hall–Kier alpha value is -1.32. The molecule has 14 heavy (non-hydrogen) atoms. The van der Waals surface area contributed by atoms with Gasteiger partial charge in [0.1, 0.15) is 11.6 Å². The first kappa shape index (κ1) is 10.8. The molecule has 0 aliphatic heterocycles. The summed E-state index contributed by atoms with van der Waals surface area (Å²) in [5, 5.41) is 6.40. The fourth-order valence-corrected chi connectivity index (χ4v) is 1.06. The van der Waals surface area contributed by atoms with Crippen molar-refractivity contribution >= 4 is 11.6 Å². The molecule has 1 rings (SSSR count). The molecule has 0 amide bonds. The van der Waals surface area contributed by atoms with Gasteiger partial charge in [0.15, 0.2) is 0 Å². The van der Waals surface area contributed by atoms with Crippen molar-refractivity contribution in [1.29, 1.82) is 0 Å². The van der Waals surface area contributed by atoms with Gasteiger partial charge in [-0.1, -0.05) is 6.92 Å². The molecule has 0 radical (unpaired) electrons. The highest BCUT2D eigenvalue weighted by Gasteiger charge is 2.00. The smallest absolute Gasteiger partial charge is 0.147 e. The zero-order valence-corrected chi connectivity index (χ0v) is 9.04. The summed E-state index contributed by atoms with van der Waals surface area (Å²) in [6.45, 7) is 7.17. The van der Waals surface area contributed by atoms with Gasteiger partial charge in [0, 0.05) is 12.6 Å². The number of hydrogen-bond donors (Lipinski definition) is 2. The van der Waals surface area contributed by atoms with Gasteiger partial charge in [-0.15, -0.1) is 0 Å². The summed E-state index contributed by atoms with van der Waals surface area (Å²) in [5.74, 6) is 1.65. The largest absolute Gasteiger partial charge is 0.369 e. The van der Waals surface area contributed by atoms with Gasteiger partial charge in [0.2, 0.25) is 0 Å². The Kier molecular flexibility index (Phi) is 4.16. The van der Waals surface area contributed by atoms with Crippen molar-refractivity contribution in [1.82, 2.24) is 9.97 Å². The summed E-state index contributed by atoms with van der Waals surface area (Å²) >= 11 is 0. The predicted molar refractivity (Wildman–Crippen MR) is 59.6 cm³/mol. The molecule has 1 aromatic heterocycles. The monoisotopic (exact) mass is 194 g/mol. The molecule has 0 saturated heterocycles. The minimum Gasteiger partial charge on any atom is -0.369 e. The number of rotatable bonds is 5. The maximum absolute atomic E-state index is 4.37. The van der Waals surface area contributed by atoms with Crippen LogP contribution in [0.25, 0.3) is 0 Å². The third-order valence-electron chi connectivity index (χ3n) is 2.00. The summed E-state index contributed by atoms with van der Waals surface area (Å²) < 4.78 is 0. The van der Waals surface area contributed by atoms with Crippen LogP contribution in [0.3, 0.4) is 0 Å². The van der Waals surface area contributed by atoms with Crippen LogP contribution in [0.2, 0.25) is 0 Å². The molecule has 0 spiro atoms. The average molecular weight is 194 g/mol. The predicted octanol–water partition coefficient (Wildman–Crippen LogP) is 2.12. The molecular formula is C10H18N4. The number of nitrogens with one attached hydrogen (secondary N) is 2. The van der Waals surface area contributed by atoms with E-state index in [0.29, 0.717) is 6.04 Å². The van der Waals surface area contributed by atoms with Gasteiger partial charge < -0.3 is 10.6 Å². The van der Waals surface area contributed by atoms with Crippen LogP contribution in [0, 0.1) is 0 Å². The molecule has 0 fully saturated rings. The first-order valence-corrected chi connectivity index (χ1v) is 5.08. The van der Waals surface area contributed by atoms with Crippen LogP contribution >= 0.6 is 0 Å². The minimum atomic E-state index is 0.432. The van der Waals surface area contributed by atoms with E-state index in [-0.39, 0.29) is 0 Å². The molecule has 1 unspecified atom stereocenters. The topological polar surface area (TPSA) is 49.8 Å². The average Bonchev–Trinajstić information content (AvgIpc) is 2.19. The first-order valence-electron chi connectivity index (χ1n) is 5.08. The molecule has 2 N–H and O–H groups in total. The van der Waals surface area contributed by atoms with Crippen molar-refractivity contribution in [3.05, 3.63) is 12.4 Å². The van der Waals surface area contributed by atoms with Crippen LogP contribution in [0.15, 0.2) is 12.4 Å². The Morgan fingerprint density at radius 2 is 2.00 bits per heavy atom. The van der Waals surface area contributed by atoms with Crippen molar-refractivity contribution in [2.24, 2.45) is 0 Å². The summed E-state index contributed by atoms with van der Waals surface area (Å²) in [6.07, 6.45) is 4.55. The van der Waals surface area contributed by atoms with Gasteiger partial charge in [0.05, 0.1) is 12.4 Å². The van der Waals surface area contributed by atoms with Crippen molar-refractivity contribution in [2.75, 3.05) is 17.2 Å². The van der Waals surface area contributed by atoms with E-state index in [0.717, 1.165) is 24.6 Å². The van der Waals surface area contributed by atoms with E-state index in [9.17, 15) is 0 Å². The second-order valence-electron chi connectivity index (χ2n) is 3.27. The third kappa shape index (κ3) is 3.20. The van der Waals surface area contributed by atoms with E-state index in [1.807, 2.05) is 6.92 Å². The zero-order valence-electron chi connectivity index (χ0n) is 9.04. The Labute approximate surface area is 85.2 Å². The molecular weight excluding hydrogens is 176 g/mol. The van der Waals surface area contributed by atoms with E-state index in [4.69, 9.17) is 0 Å². The number of nitrogens with zero attached hydrogens (tertiary/aromatic N) is 2. The summed E-state index contributed by atoms with van der Waals surface area (Å²) in [6, 6.07) is 0.432. The van der Waals surface area contributed by atoms with E-state index >= 15 is 0 Å². The highest BCUT2D eigenvalue weighted by molar-refractivity contribution is 5.41. The lowest BCUT2D eigenvalue weighted by Gasteiger charge is -2.12. The molecule has 4 nitrogen and oxygen atoms in total. The molecule has 0 bridgehead atoms. The van der Waals surface area contributed by atoms with Crippen molar-refractivity contribution in [3.63, 3.8) is 0 Å². The molecule has 1 atom stereocenters. The lowest BCUT2D eigenvalue weighted by Crippen LogP contribution is -2.15. The lowest BCUT2D eigenvalue weighted by atomic mass is 10.3. The van der Waals surface area contributed by atoms with Gasteiger partial charge in [0.25, 0.3) is 0 Å². The fourth-order valence-electron chi connectivity index (χ4n) is 1.06. The molecule has 0 saturated carbocycles. The van der Waals surface area contributed by atoms with Crippen LogP contribution in [0.4, 0.5) is 11.6 Å². The standard InChI is InChI=1S/C10H18N4/c1-4-8(3)13-10-7-11-6-9(14-10)12-5-2/h6-8H,4-5H2,1-3H3,(H2,12,13,14). The second kappa shape index (κ2) is 5.42. The van der Waals surface area contributed by atoms with Crippen molar-refractivity contribution < 1.29 is 0 Å². The highest BCUT2D eigenvalue weighted by Crippen LogP contribution is 2.08. The van der Waals surface area contributed by atoms with Gasteiger partial charge in [-0.2, -0.15) is 0 Å². The molecule has 4 heteroatoms. The molecule has 0 aromatic carbocycles. The molecule has 0 aliphatic rings. The van der Waals surface area contributed by atoms with E-state index < -0.39 is 0 Å². The summed E-state index contributed by atoms with van der Waals surface area (Å²) in [7, 11) is 0. The van der Waals surface area contributed by atoms with Gasteiger partial charge >= 0.3 is 0 Å². The van der Waals surface area contributed by atoms with Gasteiger partial charge in [-0.25, -0.2) is 4.98 Å². The first-order chi connectivity index (χ1) is 6.76. The Balaban J connectivity index is 2.63. The van der Waals surface area contributed by atoms with Crippen molar-refractivity contribution in [3.8, 4) is 0 Å². The normalized spacial score (nSPS) is 12.2. The quantitative estimate of drug-likeness (QED) is 0.753. The Morgan fingerprint density at radius 1 is 1.29 bits per heavy atom. The molecule has 1 aromatic rings. The van der Waals surface area contributed by atoms with Crippen LogP contribution in [0.1, 0.15) is 27.2 Å². The van der Waals surface area contributed by atoms with E-state index in [2.05, 4.69) is 34.4 Å². The van der Waals surface area contributed by atoms with Crippen LogP contribution in [0.5, 0.6) is 0 Å². The molecule has 78 valence electrons. The Bertz CT molecular complexity index is 275. The van der Waals surface area contributed by atoms with Gasteiger partial charge in [-0.05, 0) is 20.3 Å². The molecule has 0 aliphatic carbocycles. The number of hydrogen-bond acceptors (Lipinski definition) is 4. The molecule has 1 heterocycles. The third-order valence-corrected chi connectivity index (χ3v) is 2.00. The maximum Gasteiger partial charge on any atom is 0.147 e. The van der Waals surface area contributed by atoms with Crippen LogP contribution in [-0.4, -0.2) is 22.6 Å². The SMILES string of the molecule is CCNc1cncc(NC(C)CC)n1. The number of anilines is 2. The minimum absolute atomic E-state index is 0.432. The lowest BCUT2D eigenvalue weighted by molar-refractivity contribution is 0.758. The van der Waals surface area contributed by atoms with Crippen molar-refractivity contribution in [2.45, 2.75) is 33.2 Å². The van der Waals surface area contributed by atoms with E-state index in [1.165, 1.54) is 0 Å². The maximum atomic E-state index is 4.37. The van der Waals surface area contributed by atoms with Crippen LogP contribution < -0.4 is 10.6 Å². The van der Waals surface area contributed by atoms with Crippen LogP contribution in [-0.2, 0) is 0 Å². The van der Waals surface area contributed by atoms with E-state index in [1.54, 1.807) is 12.4 Å². The summed E-state index contributed by atoms with van der Waals surface area (Å²) in [4.78, 5) is 8.47. The fraction of sp³-hybridized carbons (Fsp3) is 0.600. The highest BCUT2D eigenvalue weighted by atomic mass is 15.1. The zero-order chi connectivity index (χ0) is 10.4. The number of aromatic nitrogens is 2.